The van der Waals surface area contributed by atoms with Gasteiger partial charge in [-0.3, -0.25) is 9.59 Å². The van der Waals surface area contributed by atoms with E-state index in [-0.39, 0.29) is 11.3 Å². The quantitative estimate of drug-likeness (QED) is 0.378. The van der Waals surface area contributed by atoms with Crippen LogP contribution in [0.2, 0.25) is 5.02 Å². The molecule has 1 aliphatic heterocycles. The molecule has 2 aromatic rings. The Morgan fingerprint density at radius 1 is 1.16 bits per heavy atom. The van der Waals surface area contributed by atoms with E-state index >= 15 is 0 Å². The highest BCUT2D eigenvalue weighted by Gasteiger charge is 2.45. The van der Waals surface area contributed by atoms with E-state index in [0.29, 0.717) is 35.9 Å². The monoisotopic (exact) mass is 442 g/mol. The van der Waals surface area contributed by atoms with Gasteiger partial charge >= 0.3 is 0 Å². The number of benzene rings is 2. The van der Waals surface area contributed by atoms with Gasteiger partial charge in [-0.15, -0.1) is 0 Å². The van der Waals surface area contributed by atoms with Crippen LogP contribution in [0.3, 0.4) is 0 Å². The number of nitrogens with zero attached hydrogens (tertiary/aromatic N) is 2. The van der Waals surface area contributed by atoms with E-state index in [1.165, 1.54) is 4.90 Å². The molecule has 0 radical (unpaired) electrons. The van der Waals surface area contributed by atoms with Gasteiger partial charge in [0, 0.05) is 17.1 Å². The van der Waals surface area contributed by atoms with Crippen molar-refractivity contribution in [2.75, 3.05) is 33.8 Å². The van der Waals surface area contributed by atoms with E-state index in [2.05, 4.69) is 0 Å². The first kappa shape index (κ1) is 22.8. The van der Waals surface area contributed by atoms with Crippen molar-refractivity contribution >= 4 is 29.1 Å². The molecule has 0 aliphatic carbocycles. The zero-order chi connectivity index (χ0) is 22.5. The number of amides is 1. The number of ether oxygens (including phenoxy) is 1. The van der Waals surface area contributed by atoms with Crippen molar-refractivity contribution in [3.05, 3.63) is 70.3 Å². The smallest absolute Gasteiger partial charge is 0.295 e. The molecule has 1 N–H and O–H groups in total. The Balaban J connectivity index is 2.08. The summed E-state index contributed by atoms with van der Waals surface area (Å²) >= 11 is 6.04. The first-order chi connectivity index (χ1) is 14.8. The molecule has 0 saturated carbocycles. The number of hydrogen-bond acceptors (Lipinski definition) is 5. The largest absolute Gasteiger partial charge is 0.507 e. The molecule has 2 aromatic carbocycles. The molecule has 1 amide bonds. The second kappa shape index (κ2) is 9.98. The van der Waals surface area contributed by atoms with Crippen molar-refractivity contribution in [1.29, 1.82) is 0 Å². The number of aliphatic hydroxyl groups excluding tert-OH is 1. The van der Waals surface area contributed by atoms with E-state index in [1.54, 1.807) is 48.5 Å². The number of halogens is 1. The summed E-state index contributed by atoms with van der Waals surface area (Å²) in [5.41, 5.74) is 1.22. The minimum absolute atomic E-state index is 0.0748. The van der Waals surface area contributed by atoms with Gasteiger partial charge in [0.05, 0.1) is 18.2 Å². The molecule has 1 aliphatic rings. The van der Waals surface area contributed by atoms with Crippen LogP contribution in [0.15, 0.2) is 54.1 Å². The van der Waals surface area contributed by atoms with Crippen molar-refractivity contribution in [3.8, 4) is 5.75 Å². The van der Waals surface area contributed by atoms with Crippen LogP contribution in [0.5, 0.6) is 5.75 Å². The van der Waals surface area contributed by atoms with Crippen LogP contribution in [0.1, 0.15) is 30.5 Å². The Morgan fingerprint density at radius 2 is 1.87 bits per heavy atom. The van der Waals surface area contributed by atoms with Gasteiger partial charge in [-0.05, 0) is 63.8 Å². The van der Waals surface area contributed by atoms with Crippen LogP contribution >= 0.6 is 11.6 Å². The van der Waals surface area contributed by atoms with Crippen LogP contribution in [0, 0.1) is 0 Å². The fraction of sp³-hybridized carbons (Fsp3) is 0.333. The fourth-order valence-corrected chi connectivity index (χ4v) is 3.84. The minimum Gasteiger partial charge on any atom is -0.507 e. The summed E-state index contributed by atoms with van der Waals surface area (Å²) in [6, 6.07) is 13.2. The van der Waals surface area contributed by atoms with Crippen LogP contribution in [-0.4, -0.2) is 60.4 Å². The van der Waals surface area contributed by atoms with E-state index in [0.717, 1.165) is 12.1 Å². The molecule has 3 rings (SSSR count). The third kappa shape index (κ3) is 5.09. The van der Waals surface area contributed by atoms with Crippen molar-refractivity contribution in [2.45, 2.75) is 19.4 Å². The Morgan fingerprint density at radius 3 is 2.52 bits per heavy atom. The van der Waals surface area contributed by atoms with E-state index in [1.807, 2.05) is 25.9 Å². The molecule has 1 saturated heterocycles. The van der Waals surface area contributed by atoms with Crippen LogP contribution in [0.4, 0.5) is 0 Å². The normalized spacial score (nSPS) is 18.1. The third-order valence-electron chi connectivity index (χ3n) is 5.15. The summed E-state index contributed by atoms with van der Waals surface area (Å²) in [5.74, 6) is -0.935. The van der Waals surface area contributed by atoms with Gasteiger partial charge in [-0.2, -0.15) is 0 Å². The maximum atomic E-state index is 13.0. The number of carbonyl (C=O) groups excluding carboxylic acids is 2. The summed E-state index contributed by atoms with van der Waals surface area (Å²) in [4.78, 5) is 29.5. The van der Waals surface area contributed by atoms with Crippen molar-refractivity contribution < 1.29 is 19.4 Å². The molecular weight excluding hydrogens is 416 g/mol. The molecule has 0 aromatic heterocycles. The second-order valence-electron chi connectivity index (χ2n) is 7.66. The molecule has 0 spiro atoms. The second-order valence-corrected chi connectivity index (χ2v) is 8.10. The SMILES string of the molecule is CCOc1cccc(/C(O)=C2/C(=O)C(=O)N(CCCN(C)C)C2c2ccc(Cl)cc2)c1. The highest BCUT2D eigenvalue weighted by molar-refractivity contribution is 6.46. The summed E-state index contributed by atoms with van der Waals surface area (Å²) in [6.45, 7) is 3.51. The summed E-state index contributed by atoms with van der Waals surface area (Å²) in [7, 11) is 3.91. The minimum atomic E-state index is -0.691. The van der Waals surface area contributed by atoms with Gasteiger partial charge < -0.3 is 19.6 Å². The topological polar surface area (TPSA) is 70.1 Å². The molecule has 31 heavy (non-hydrogen) atoms. The summed E-state index contributed by atoms with van der Waals surface area (Å²) < 4.78 is 5.51. The van der Waals surface area contributed by atoms with Crippen molar-refractivity contribution in [3.63, 3.8) is 0 Å². The average Bonchev–Trinajstić information content (AvgIpc) is 2.99. The zero-order valence-corrected chi connectivity index (χ0v) is 18.7. The van der Waals surface area contributed by atoms with Crippen LogP contribution in [0.25, 0.3) is 5.76 Å². The van der Waals surface area contributed by atoms with Crippen LogP contribution < -0.4 is 4.74 Å². The van der Waals surface area contributed by atoms with Gasteiger partial charge in [0.15, 0.2) is 0 Å². The zero-order valence-electron chi connectivity index (χ0n) is 18.0. The maximum absolute atomic E-state index is 13.0. The Labute approximate surface area is 187 Å². The Kier molecular flexibility index (Phi) is 7.36. The number of ketones is 1. The first-order valence-electron chi connectivity index (χ1n) is 10.2. The lowest BCUT2D eigenvalue weighted by Crippen LogP contribution is -2.32. The van der Waals surface area contributed by atoms with Gasteiger partial charge in [0.25, 0.3) is 11.7 Å². The molecule has 1 heterocycles. The predicted octanol–water partition coefficient (Wildman–Crippen LogP) is 4.11. The molecule has 164 valence electrons. The number of rotatable bonds is 8. The lowest BCUT2D eigenvalue weighted by Gasteiger charge is -2.26. The molecule has 7 heteroatoms. The highest BCUT2D eigenvalue weighted by atomic mass is 35.5. The lowest BCUT2D eigenvalue weighted by atomic mass is 9.95. The molecular formula is C24H27ClN2O4. The number of hydrogen-bond donors (Lipinski definition) is 1. The molecule has 6 nitrogen and oxygen atoms in total. The van der Waals surface area contributed by atoms with Gasteiger partial charge in [0.1, 0.15) is 11.5 Å². The van der Waals surface area contributed by atoms with Gasteiger partial charge in [-0.1, -0.05) is 35.9 Å². The molecule has 1 unspecified atom stereocenters. The van der Waals surface area contributed by atoms with Crippen molar-refractivity contribution in [2.24, 2.45) is 0 Å². The number of likely N-dealkylation sites (tertiary alicyclic amines) is 1. The summed E-state index contributed by atoms with van der Waals surface area (Å²) in [6.07, 6.45) is 0.698. The third-order valence-corrected chi connectivity index (χ3v) is 5.40. The molecule has 0 bridgehead atoms. The molecule has 1 fully saturated rings. The standard InChI is InChI=1S/C24H27ClN2O4/c1-4-31-19-8-5-7-17(15-19)22(28)20-21(16-9-11-18(25)12-10-16)27(24(30)23(20)29)14-6-13-26(2)3/h5,7-12,15,21,28H,4,6,13-14H2,1-3H3/b22-20-. The maximum Gasteiger partial charge on any atom is 0.295 e. The number of Topliss-reactive ketones (excluding diaryl/α,β-unsaturated/α-hetero) is 1. The fourth-order valence-electron chi connectivity index (χ4n) is 3.71. The van der Waals surface area contributed by atoms with Crippen LogP contribution in [-0.2, 0) is 9.59 Å². The molecule has 1 atom stereocenters. The van der Waals surface area contributed by atoms with Gasteiger partial charge in [0.2, 0.25) is 0 Å². The predicted molar refractivity (Wildman–Crippen MR) is 121 cm³/mol. The number of aliphatic hydroxyl groups is 1. The lowest BCUT2D eigenvalue weighted by molar-refractivity contribution is -0.139. The van der Waals surface area contributed by atoms with E-state index in [9.17, 15) is 14.7 Å². The highest BCUT2D eigenvalue weighted by Crippen LogP contribution is 2.40. The average molecular weight is 443 g/mol. The first-order valence-corrected chi connectivity index (χ1v) is 10.6. The van der Waals surface area contributed by atoms with E-state index < -0.39 is 17.7 Å². The van der Waals surface area contributed by atoms with E-state index in [4.69, 9.17) is 16.3 Å². The number of carbonyl (C=O) groups is 2. The Bertz CT molecular complexity index is 985. The summed E-state index contributed by atoms with van der Waals surface area (Å²) in [5, 5.41) is 11.7. The Hall–Kier alpha value is -2.83. The van der Waals surface area contributed by atoms with Crippen molar-refractivity contribution in [1.82, 2.24) is 9.80 Å². The van der Waals surface area contributed by atoms with Gasteiger partial charge in [-0.25, -0.2) is 0 Å².